The van der Waals surface area contributed by atoms with Crippen molar-refractivity contribution in [3.8, 4) is 0 Å². The zero-order valence-corrected chi connectivity index (χ0v) is 16.5. The van der Waals surface area contributed by atoms with Crippen molar-refractivity contribution in [2.75, 3.05) is 11.1 Å². The minimum atomic E-state index is -0.153. The zero-order chi connectivity index (χ0) is 19.4. The highest BCUT2D eigenvalue weighted by molar-refractivity contribution is 8.00. The number of anilines is 1. The maximum atomic E-state index is 12.4. The number of rotatable bonds is 6. The van der Waals surface area contributed by atoms with Gasteiger partial charge in [-0.25, -0.2) is 4.98 Å². The number of nitrogens with one attached hydrogen (secondary N) is 2. The maximum Gasteiger partial charge on any atom is 0.258 e. The van der Waals surface area contributed by atoms with E-state index in [2.05, 4.69) is 22.2 Å². The van der Waals surface area contributed by atoms with Crippen molar-refractivity contribution >= 4 is 34.3 Å². The fraction of sp³-hybridized carbons (Fsp3) is 0.286. The number of benzene rings is 2. The molecule has 2 aromatic carbocycles. The molecule has 0 fully saturated rings. The van der Waals surface area contributed by atoms with Gasteiger partial charge in [0.25, 0.3) is 5.56 Å². The molecule has 0 spiro atoms. The maximum absolute atomic E-state index is 12.4. The predicted octanol–water partition coefficient (Wildman–Crippen LogP) is 4.23. The number of H-pyrrole nitrogens is 1. The van der Waals surface area contributed by atoms with Gasteiger partial charge in [0, 0.05) is 5.69 Å². The second kappa shape index (κ2) is 8.39. The number of hydrogen-bond acceptors (Lipinski definition) is 4. The van der Waals surface area contributed by atoms with Gasteiger partial charge in [0.2, 0.25) is 5.91 Å². The highest BCUT2D eigenvalue weighted by Gasteiger charge is 2.14. The number of aromatic nitrogens is 2. The van der Waals surface area contributed by atoms with E-state index in [-0.39, 0.29) is 22.5 Å². The molecule has 0 saturated carbocycles. The summed E-state index contributed by atoms with van der Waals surface area (Å²) >= 11 is 1.45. The molecule has 0 bridgehead atoms. The van der Waals surface area contributed by atoms with Gasteiger partial charge >= 0.3 is 0 Å². The fourth-order valence-electron chi connectivity index (χ4n) is 2.95. The predicted molar refractivity (Wildman–Crippen MR) is 112 cm³/mol. The number of aromatic amines is 1. The molecular weight excluding hydrogens is 358 g/mol. The third kappa shape index (κ3) is 4.39. The van der Waals surface area contributed by atoms with E-state index in [1.54, 1.807) is 6.07 Å². The summed E-state index contributed by atoms with van der Waals surface area (Å²) in [4.78, 5) is 32.0. The van der Waals surface area contributed by atoms with Crippen molar-refractivity contribution in [1.82, 2.24) is 9.97 Å². The summed E-state index contributed by atoms with van der Waals surface area (Å²) in [6, 6.07) is 13.3. The topological polar surface area (TPSA) is 74.8 Å². The summed E-state index contributed by atoms with van der Waals surface area (Å²) in [6.07, 6.45) is 0.864. The van der Waals surface area contributed by atoms with Gasteiger partial charge in [0.1, 0.15) is 5.82 Å². The van der Waals surface area contributed by atoms with E-state index in [0.717, 1.165) is 23.2 Å². The van der Waals surface area contributed by atoms with Gasteiger partial charge in [-0.3, -0.25) is 9.59 Å². The van der Waals surface area contributed by atoms with Crippen LogP contribution >= 0.6 is 11.8 Å². The summed E-state index contributed by atoms with van der Waals surface area (Å²) in [5.74, 6) is 0.815. The quantitative estimate of drug-likeness (QED) is 0.670. The monoisotopic (exact) mass is 381 g/mol. The Labute approximate surface area is 162 Å². The SMILES string of the molecule is CCc1cccc(C)c1NC(=O)CSC(C)c1nc2ccccc2c(=O)[nH]1. The van der Waals surface area contributed by atoms with Gasteiger partial charge < -0.3 is 10.3 Å². The molecule has 0 aliphatic rings. The lowest BCUT2D eigenvalue weighted by atomic mass is 10.1. The number of aryl methyl sites for hydroxylation is 2. The number of amides is 1. The van der Waals surface area contributed by atoms with Crippen LogP contribution in [0.5, 0.6) is 0 Å². The molecule has 0 radical (unpaired) electrons. The minimum Gasteiger partial charge on any atom is -0.325 e. The van der Waals surface area contributed by atoms with E-state index in [9.17, 15) is 9.59 Å². The van der Waals surface area contributed by atoms with Crippen LogP contribution in [0.2, 0.25) is 0 Å². The molecule has 1 unspecified atom stereocenters. The van der Waals surface area contributed by atoms with Gasteiger partial charge in [-0.2, -0.15) is 0 Å². The third-order valence-electron chi connectivity index (χ3n) is 4.49. The van der Waals surface area contributed by atoms with Gasteiger partial charge in [0.15, 0.2) is 0 Å². The molecule has 3 aromatic rings. The average molecular weight is 382 g/mol. The number of para-hydroxylation sites is 2. The van der Waals surface area contributed by atoms with Crippen LogP contribution in [0.25, 0.3) is 10.9 Å². The van der Waals surface area contributed by atoms with Gasteiger partial charge in [-0.15, -0.1) is 11.8 Å². The summed E-state index contributed by atoms with van der Waals surface area (Å²) in [7, 11) is 0. The number of carbonyl (C=O) groups is 1. The van der Waals surface area contributed by atoms with Crippen LogP contribution in [-0.2, 0) is 11.2 Å². The first-order chi connectivity index (χ1) is 13.0. The Balaban J connectivity index is 1.68. The molecule has 0 aliphatic carbocycles. The minimum absolute atomic E-state index is 0.0565. The van der Waals surface area contributed by atoms with E-state index in [1.165, 1.54) is 11.8 Å². The lowest BCUT2D eigenvalue weighted by Gasteiger charge is -2.14. The third-order valence-corrected chi connectivity index (χ3v) is 5.64. The smallest absolute Gasteiger partial charge is 0.258 e. The van der Waals surface area contributed by atoms with Crippen LogP contribution in [0.4, 0.5) is 5.69 Å². The summed E-state index contributed by atoms with van der Waals surface area (Å²) in [5.41, 5.74) is 3.60. The number of carbonyl (C=O) groups excluding carboxylic acids is 1. The molecule has 0 aliphatic heterocycles. The summed E-state index contributed by atoms with van der Waals surface area (Å²) in [5, 5.41) is 3.50. The molecule has 1 heterocycles. The Morgan fingerprint density at radius 2 is 2.00 bits per heavy atom. The van der Waals surface area contributed by atoms with E-state index >= 15 is 0 Å². The van der Waals surface area contributed by atoms with Crippen molar-refractivity contribution in [2.45, 2.75) is 32.4 Å². The van der Waals surface area contributed by atoms with Crippen LogP contribution in [-0.4, -0.2) is 21.6 Å². The number of hydrogen-bond donors (Lipinski definition) is 2. The largest absolute Gasteiger partial charge is 0.325 e. The molecule has 1 atom stereocenters. The fourth-order valence-corrected chi connectivity index (χ4v) is 3.70. The first-order valence-corrected chi connectivity index (χ1v) is 10.0. The molecule has 3 rings (SSSR count). The number of thioether (sulfide) groups is 1. The van der Waals surface area contributed by atoms with Crippen molar-refractivity contribution in [3.63, 3.8) is 0 Å². The van der Waals surface area contributed by atoms with Crippen LogP contribution in [0.15, 0.2) is 47.3 Å². The Kier molecular flexibility index (Phi) is 5.96. The molecule has 0 saturated heterocycles. The van der Waals surface area contributed by atoms with Gasteiger partial charge in [-0.1, -0.05) is 37.3 Å². The molecule has 1 aromatic heterocycles. The van der Waals surface area contributed by atoms with Crippen molar-refractivity contribution in [1.29, 1.82) is 0 Å². The first-order valence-electron chi connectivity index (χ1n) is 8.98. The Morgan fingerprint density at radius 1 is 1.22 bits per heavy atom. The van der Waals surface area contributed by atoms with Crippen LogP contribution in [0, 0.1) is 6.92 Å². The Bertz CT molecular complexity index is 1030. The van der Waals surface area contributed by atoms with Crippen molar-refractivity contribution in [3.05, 3.63) is 69.8 Å². The summed E-state index contributed by atoms with van der Waals surface area (Å²) < 4.78 is 0. The normalized spacial score (nSPS) is 12.1. The second-order valence-corrected chi connectivity index (χ2v) is 7.76. The Hall–Kier alpha value is -2.60. The summed E-state index contributed by atoms with van der Waals surface area (Å²) in [6.45, 7) is 6.01. The van der Waals surface area contributed by atoms with E-state index in [0.29, 0.717) is 16.7 Å². The molecule has 2 N–H and O–H groups in total. The van der Waals surface area contributed by atoms with E-state index in [1.807, 2.05) is 50.2 Å². The zero-order valence-electron chi connectivity index (χ0n) is 15.7. The average Bonchev–Trinajstić information content (AvgIpc) is 2.67. The molecule has 1 amide bonds. The van der Waals surface area contributed by atoms with Crippen molar-refractivity contribution in [2.24, 2.45) is 0 Å². The highest BCUT2D eigenvalue weighted by atomic mass is 32.2. The standard InChI is InChI=1S/C21H23N3O2S/c1-4-15-9-7-8-13(2)19(15)23-18(25)12-27-14(3)20-22-17-11-6-5-10-16(17)21(26)24-20/h5-11,14H,4,12H2,1-3H3,(H,23,25)(H,22,24,26). The Morgan fingerprint density at radius 3 is 2.78 bits per heavy atom. The van der Waals surface area contributed by atoms with E-state index < -0.39 is 0 Å². The lowest BCUT2D eigenvalue weighted by Crippen LogP contribution is -2.18. The van der Waals surface area contributed by atoms with Crippen LogP contribution in [0.1, 0.15) is 36.0 Å². The highest BCUT2D eigenvalue weighted by Crippen LogP contribution is 2.27. The number of fused-ring (bicyclic) bond motifs is 1. The molecule has 5 nitrogen and oxygen atoms in total. The second-order valence-electron chi connectivity index (χ2n) is 6.43. The molecule has 27 heavy (non-hydrogen) atoms. The number of nitrogens with zero attached hydrogens (tertiary/aromatic N) is 1. The van der Waals surface area contributed by atoms with Crippen LogP contribution < -0.4 is 10.9 Å². The lowest BCUT2D eigenvalue weighted by molar-refractivity contribution is -0.113. The van der Waals surface area contributed by atoms with Gasteiger partial charge in [-0.05, 0) is 43.5 Å². The molecule has 6 heteroatoms. The molecular formula is C21H23N3O2S. The molecule has 140 valence electrons. The van der Waals surface area contributed by atoms with E-state index in [4.69, 9.17) is 0 Å². The van der Waals surface area contributed by atoms with Crippen molar-refractivity contribution < 1.29 is 4.79 Å². The van der Waals surface area contributed by atoms with Crippen LogP contribution in [0.3, 0.4) is 0 Å². The van der Waals surface area contributed by atoms with Gasteiger partial charge in [0.05, 0.1) is 21.9 Å². The first kappa shape index (κ1) is 19.2.